The molecule has 0 fully saturated rings. The van der Waals surface area contributed by atoms with Crippen LogP contribution in [0.4, 0.5) is 5.69 Å². The second-order valence-corrected chi connectivity index (χ2v) is 2.55. The summed E-state index contributed by atoms with van der Waals surface area (Å²) in [6, 6.07) is 4.76. The fourth-order valence-corrected chi connectivity index (χ4v) is 0.967. The van der Waals surface area contributed by atoms with Crippen molar-refractivity contribution in [2.45, 2.75) is 6.61 Å². The van der Waals surface area contributed by atoms with Crippen LogP contribution in [-0.4, -0.2) is 23.0 Å². The number of rotatable bonds is 4. The van der Waals surface area contributed by atoms with E-state index in [9.17, 15) is 9.90 Å². The Morgan fingerprint density at radius 1 is 1.46 bits per heavy atom. The van der Waals surface area contributed by atoms with Gasteiger partial charge in [0.1, 0.15) is 12.0 Å². The molecule has 0 unspecified atom stereocenters. The molecule has 1 aromatic rings. The van der Waals surface area contributed by atoms with Crippen LogP contribution in [0.25, 0.3) is 0 Å². The number of aldehydes is 1. The Balaban J connectivity index is 2.76. The van der Waals surface area contributed by atoms with Crippen LogP contribution in [0.2, 0.25) is 0 Å². The van der Waals surface area contributed by atoms with Gasteiger partial charge in [0.15, 0.2) is 0 Å². The monoisotopic (exact) mass is 181 g/mol. The van der Waals surface area contributed by atoms with Crippen molar-refractivity contribution in [1.29, 1.82) is 0 Å². The van der Waals surface area contributed by atoms with Crippen LogP contribution in [0.3, 0.4) is 0 Å². The number of aliphatic hydroxyl groups is 1. The zero-order chi connectivity index (χ0) is 9.68. The number of aliphatic hydroxyl groups excluding tert-OH is 1. The molecule has 13 heavy (non-hydrogen) atoms. The van der Waals surface area contributed by atoms with E-state index in [0.29, 0.717) is 11.3 Å². The van der Waals surface area contributed by atoms with Crippen molar-refractivity contribution in [2.75, 3.05) is 11.9 Å². The zero-order valence-electron chi connectivity index (χ0n) is 7.03. The minimum atomic E-state index is -0.195. The van der Waals surface area contributed by atoms with Crippen molar-refractivity contribution in [1.82, 2.24) is 0 Å². The second kappa shape index (κ2) is 4.47. The smallest absolute Gasteiger partial charge is 0.139 e. The maximum Gasteiger partial charge on any atom is 0.139 e. The highest BCUT2D eigenvalue weighted by atomic mass is 16.3. The molecule has 0 amide bonds. The summed E-state index contributed by atoms with van der Waals surface area (Å²) >= 11 is 0. The van der Waals surface area contributed by atoms with Crippen LogP contribution in [-0.2, 0) is 11.4 Å². The Kier molecular flexibility index (Phi) is 3.28. The lowest BCUT2D eigenvalue weighted by Gasteiger charge is -2.05. The van der Waals surface area contributed by atoms with Crippen LogP contribution in [0.5, 0.6) is 5.75 Å². The molecule has 0 atom stereocenters. The molecular weight excluding hydrogens is 170 g/mol. The van der Waals surface area contributed by atoms with Gasteiger partial charge in [0.25, 0.3) is 0 Å². The molecule has 0 aromatic heterocycles. The summed E-state index contributed by atoms with van der Waals surface area (Å²) < 4.78 is 0. The quantitative estimate of drug-likeness (QED) is 0.591. The Hall–Kier alpha value is -1.55. The number of carbonyl (C=O) groups excluding carboxylic acids is 1. The van der Waals surface area contributed by atoms with Crippen molar-refractivity contribution in [3.05, 3.63) is 23.8 Å². The molecule has 0 bridgehead atoms. The molecule has 1 aromatic carbocycles. The number of aromatic hydroxyl groups is 1. The maximum atomic E-state index is 10.0. The van der Waals surface area contributed by atoms with Gasteiger partial charge in [-0.1, -0.05) is 6.07 Å². The average Bonchev–Trinajstić information content (AvgIpc) is 2.15. The summed E-state index contributed by atoms with van der Waals surface area (Å²) in [5.74, 6) is 0.0263. The largest absolute Gasteiger partial charge is 0.508 e. The lowest BCUT2D eigenvalue weighted by molar-refractivity contribution is -0.106. The Morgan fingerprint density at radius 2 is 2.23 bits per heavy atom. The second-order valence-electron chi connectivity index (χ2n) is 2.55. The van der Waals surface area contributed by atoms with Gasteiger partial charge in [-0.25, -0.2) is 0 Å². The van der Waals surface area contributed by atoms with E-state index in [0.717, 1.165) is 6.29 Å². The lowest BCUT2D eigenvalue weighted by Crippen LogP contribution is -2.01. The summed E-state index contributed by atoms with van der Waals surface area (Å²) in [7, 11) is 0. The topological polar surface area (TPSA) is 69.6 Å². The van der Waals surface area contributed by atoms with Crippen LogP contribution < -0.4 is 5.32 Å². The molecule has 0 saturated carbocycles. The van der Waals surface area contributed by atoms with Crippen molar-refractivity contribution in [3.8, 4) is 5.75 Å². The molecule has 3 N–H and O–H groups in total. The van der Waals surface area contributed by atoms with Gasteiger partial charge in [-0.05, 0) is 6.07 Å². The molecule has 0 saturated heterocycles. The van der Waals surface area contributed by atoms with Crippen LogP contribution in [0.15, 0.2) is 18.2 Å². The van der Waals surface area contributed by atoms with E-state index in [2.05, 4.69) is 5.32 Å². The summed E-state index contributed by atoms with van der Waals surface area (Å²) in [4.78, 5) is 10.0. The number of nitrogens with one attached hydrogen (secondary N) is 1. The highest BCUT2D eigenvalue weighted by molar-refractivity contribution is 5.60. The van der Waals surface area contributed by atoms with Gasteiger partial charge in [-0.3, -0.25) is 0 Å². The first-order valence-corrected chi connectivity index (χ1v) is 3.88. The normalized spacial score (nSPS) is 9.62. The summed E-state index contributed by atoms with van der Waals surface area (Å²) in [6.07, 6.45) is 0.733. The van der Waals surface area contributed by atoms with E-state index in [4.69, 9.17) is 5.11 Å². The number of anilines is 1. The van der Waals surface area contributed by atoms with E-state index >= 15 is 0 Å². The molecular formula is C9H11NO3. The maximum absolute atomic E-state index is 10.0. The van der Waals surface area contributed by atoms with Crippen molar-refractivity contribution in [3.63, 3.8) is 0 Å². The van der Waals surface area contributed by atoms with Gasteiger partial charge < -0.3 is 20.3 Å². The summed E-state index contributed by atoms with van der Waals surface area (Å²) in [6.45, 7) is 0.0116. The van der Waals surface area contributed by atoms with Crippen molar-refractivity contribution in [2.24, 2.45) is 0 Å². The third-order valence-electron chi connectivity index (χ3n) is 1.65. The Labute approximate surface area is 75.8 Å². The van der Waals surface area contributed by atoms with Gasteiger partial charge in [-0.15, -0.1) is 0 Å². The number of hydrogen-bond donors (Lipinski definition) is 3. The van der Waals surface area contributed by atoms with Crippen LogP contribution in [0, 0.1) is 0 Å². The first kappa shape index (κ1) is 9.54. The van der Waals surface area contributed by atoms with E-state index in [-0.39, 0.29) is 18.9 Å². The first-order chi connectivity index (χ1) is 6.27. The Bertz CT molecular complexity index is 299. The standard InChI is InChI=1S/C9H11NO3/c11-4-3-10-8-2-1-7(6-12)9(13)5-8/h1-2,4-5,10,12-13H,3,6H2. The SMILES string of the molecule is O=CCNc1ccc(CO)c(O)c1. The van der Waals surface area contributed by atoms with Crippen LogP contribution in [0.1, 0.15) is 5.56 Å². The molecule has 0 heterocycles. The van der Waals surface area contributed by atoms with E-state index in [1.54, 1.807) is 12.1 Å². The fourth-order valence-electron chi connectivity index (χ4n) is 0.967. The Morgan fingerprint density at radius 3 is 2.77 bits per heavy atom. The van der Waals surface area contributed by atoms with E-state index in [1.165, 1.54) is 6.07 Å². The van der Waals surface area contributed by atoms with Gasteiger partial charge in [0, 0.05) is 17.3 Å². The van der Waals surface area contributed by atoms with E-state index in [1.807, 2.05) is 0 Å². The molecule has 0 aliphatic carbocycles. The molecule has 0 radical (unpaired) electrons. The fraction of sp³-hybridized carbons (Fsp3) is 0.222. The number of benzene rings is 1. The number of carbonyl (C=O) groups is 1. The predicted molar refractivity (Wildman–Crippen MR) is 48.6 cm³/mol. The molecule has 4 heteroatoms. The van der Waals surface area contributed by atoms with Crippen molar-refractivity contribution < 1.29 is 15.0 Å². The molecule has 70 valence electrons. The summed E-state index contributed by atoms with van der Waals surface area (Å²) in [5.41, 5.74) is 1.12. The van der Waals surface area contributed by atoms with Gasteiger partial charge in [0.05, 0.1) is 13.2 Å². The average molecular weight is 181 g/mol. The minimum absolute atomic E-state index is 0.0263. The minimum Gasteiger partial charge on any atom is -0.508 e. The third-order valence-corrected chi connectivity index (χ3v) is 1.65. The third kappa shape index (κ3) is 2.45. The first-order valence-electron chi connectivity index (χ1n) is 3.88. The van der Waals surface area contributed by atoms with Gasteiger partial charge in [0.2, 0.25) is 0 Å². The highest BCUT2D eigenvalue weighted by Gasteiger charge is 2.00. The van der Waals surface area contributed by atoms with Gasteiger partial charge >= 0.3 is 0 Å². The predicted octanol–water partition coefficient (Wildman–Crippen LogP) is 0.495. The molecule has 0 aliphatic heterocycles. The number of hydrogen-bond acceptors (Lipinski definition) is 4. The lowest BCUT2D eigenvalue weighted by atomic mass is 10.2. The van der Waals surface area contributed by atoms with Crippen molar-refractivity contribution >= 4 is 12.0 Å². The number of phenols is 1. The van der Waals surface area contributed by atoms with E-state index < -0.39 is 0 Å². The molecule has 4 nitrogen and oxygen atoms in total. The summed E-state index contributed by atoms with van der Waals surface area (Å²) in [5, 5.41) is 20.8. The molecule has 1 rings (SSSR count). The van der Waals surface area contributed by atoms with Crippen LogP contribution >= 0.6 is 0 Å². The highest BCUT2D eigenvalue weighted by Crippen LogP contribution is 2.21. The molecule has 0 aliphatic rings. The zero-order valence-corrected chi connectivity index (χ0v) is 7.03. The van der Waals surface area contributed by atoms with Gasteiger partial charge in [-0.2, -0.15) is 0 Å². The molecule has 0 spiro atoms.